The predicted octanol–water partition coefficient (Wildman–Crippen LogP) is 6.72. The van der Waals surface area contributed by atoms with E-state index in [1.54, 1.807) is 10.8 Å². The van der Waals surface area contributed by atoms with Crippen molar-refractivity contribution in [2.75, 3.05) is 0 Å². The smallest absolute Gasteiger partial charge is 0.337 e. The summed E-state index contributed by atoms with van der Waals surface area (Å²) in [4.78, 5) is 21.5. The molecule has 0 aliphatic rings. The van der Waals surface area contributed by atoms with Crippen LogP contribution in [0.15, 0.2) is 56.1 Å². The van der Waals surface area contributed by atoms with E-state index >= 15 is 0 Å². The van der Waals surface area contributed by atoms with Gasteiger partial charge in [-0.25, -0.2) is 9.59 Å². The van der Waals surface area contributed by atoms with Crippen LogP contribution < -0.4 is 0 Å². The van der Waals surface area contributed by atoms with Crippen molar-refractivity contribution in [1.82, 2.24) is 0 Å². The van der Waals surface area contributed by atoms with Gasteiger partial charge in [0, 0.05) is 39.9 Å². The van der Waals surface area contributed by atoms with Gasteiger partial charge in [-0.05, 0) is 30.3 Å². The molecule has 0 saturated carbocycles. The van der Waals surface area contributed by atoms with Gasteiger partial charge in [0.1, 0.15) is 0 Å². The maximum Gasteiger partial charge on any atom is 0.337 e. The van der Waals surface area contributed by atoms with Crippen molar-refractivity contribution < 1.29 is 19.8 Å². The summed E-state index contributed by atoms with van der Waals surface area (Å²) in [5.41, 5.74) is 0.758. The molecule has 0 atom stereocenters. The van der Waals surface area contributed by atoms with Crippen LogP contribution in [0, 0.1) is 0 Å². The zero-order chi connectivity index (χ0) is 18.8. The molecule has 8 heteroatoms. The fourth-order valence-corrected chi connectivity index (χ4v) is 5.10. The summed E-state index contributed by atoms with van der Waals surface area (Å²) < 4.78 is 3.87. The average molecular weight is 514 g/mol. The first-order valence-corrected chi connectivity index (χ1v) is 10.5. The lowest BCUT2D eigenvalue weighted by molar-refractivity contribution is 0.0688. The zero-order valence-corrected chi connectivity index (χ0v) is 17.7. The van der Waals surface area contributed by atoms with E-state index in [0.717, 1.165) is 29.1 Å². The van der Waals surface area contributed by atoms with Crippen LogP contribution in [-0.2, 0) is 0 Å². The summed E-state index contributed by atoms with van der Waals surface area (Å²) in [5.74, 6) is -1.74. The molecule has 2 N–H and O–H groups in total. The van der Waals surface area contributed by atoms with E-state index in [4.69, 9.17) is 10.2 Å². The van der Waals surface area contributed by atoms with Gasteiger partial charge in [-0.3, -0.25) is 0 Å². The minimum Gasteiger partial charge on any atom is -0.478 e. The fraction of sp³-hybridized carbons (Fsp3) is 0. The van der Waals surface area contributed by atoms with E-state index < -0.39 is 11.9 Å². The minimum atomic E-state index is -0.871. The molecule has 26 heavy (non-hydrogen) atoms. The number of hydrogen-bond donors (Lipinski definition) is 2. The van der Waals surface area contributed by atoms with Crippen molar-refractivity contribution in [1.29, 1.82) is 0 Å². The molecule has 2 aromatic heterocycles. The first-order valence-electron chi connectivity index (χ1n) is 7.17. The second-order valence-corrected chi connectivity index (χ2v) is 8.84. The van der Waals surface area contributed by atoms with Gasteiger partial charge in [0.25, 0.3) is 0 Å². The van der Waals surface area contributed by atoms with E-state index in [1.165, 1.54) is 22.7 Å². The molecule has 2 aromatic carbocycles. The Morgan fingerprint density at radius 2 is 1.27 bits per heavy atom. The van der Waals surface area contributed by atoms with Crippen molar-refractivity contribution in [3.05, 3.63) is 67.2 Å². The highest BCUT2D eigenvalue weighted by molar-refractivity contribution is 9.10. The zero-order valence-electron chi connectivity index (χ0n) is 12.9. The second-order valence-electron chi connectivity index (χ2n) is 5.19. The summed E-state index contributed by atoms with van der Waals surface area (Å²) in [6.45, 7) is 0. The largest absolute Gasteiger partial charge is 0.478 e. The molecule has 4 nitrogen and oxygen atoms in total. The maximum atomic E-state index is 10.8. The van der Waals surface area contributed by atoms with Crippen molar-refractivity contribution in [3.63, 3.8) is 0 Å². The quantitative estimate of drug-likeness (QED) is 0.312. The number of aromatic carboxylic acids is 2. The Hall–Kier alpha value is -1.74. The third-order valence-corrected chi connectivity index (χ3v) is 6.43. The molecule has 0 saturated heterocycles. The van der Waals surface area contributed by atoms with Crippen LogP contribution in [0.3, 0.4) is 0 Å². The highest BCUT2D eigenvalue weighted by atomic mass is 79.9. The molecular weight excluding hydrogens is 504 g/mol. The Labute approximate surface area is 173 Å². The molecule has 0 radical (unpaired) electrons. The van der Waals surface area contributed by atoms with Crippen molar-refractivity contribution >= 4 is 86.6 Å². The van der Waals surface area contributed by atoms with Gasteiger partial charge in [-0.15, -0.1) is 22.7 Å². The summed E-state index contributed by atoms with van der Waals surface area (Å²) in [7, 11) is 0. The molecule has 4 rings (SSSR count). The number of carboxylic acid groups (broad SMARTS) is 2. The van der Waals surface area contributed by atoms with Gasteiger partial charge >= 0.3 is 11.9 Å². The first kappa shape index (κ1) is 19.0. The Morgan fingerprint density at radius 3 is 1.92 bits per heavy atom. The average Bonchev–Trinajstić information content (AvgIpc) is 3.18. The number of benzene rings is 2. The maximum absolute atomic E-state index is 10.8. The van der Waals surface area contributed by atoms with E-state index in [-0.39, 0.29) is 0 Å². The van der Waals surface area contributed by atoms with Gasteiger partial charge in [0.05, 0.1) is 11.1 Å². The Bertz CT molecular complexity index is 1130. The van der Waals surface area contributed by atoms with Crippen LogP contribution in [-0.4, -0.2) is 22.2 Å². The highest BCUT2D eigenvalue weighted by Crippen LogP contribution is 2.29. The third-order valence-electron chi connectivity index (χ3n) is 3.53. The van der Waals surface area contributed by atoms with Crippen molar-refractivity contribution in [3.8, 4) is 0 Å². The third kappa shape index (κ3) is 3.98. The number of carbonyl (C=O) groups is 2. The molecule has 4 aromatic rings. The van der Waals surface area contributed by atoms with Crippen molar-refractivity contribution in [2.45, 2.75) is 0 Å². The molecule has 0 aliphatic carbocycles. The lowest BCUT2D eigenvalue weighted by atomic mass is 10.2. The summed E-state index contributed by atoms with van der Waals surface area (Å²) in [5, 5.41) is 22.6. The van der Waals surface area contributed by atoms with Gasteiger partial charge in [-0.2, -0.15) is 0 Å². The number of fused-ring (bicyclic) bond motifs is 2. The van der Waals surface area contributed by atoms with Gasteiger partial charge < -0.3 is 10.2 Å². The summed E-state index contributed by atoms with van der Waals surface area (Å²) in [6, 6.07) is 11.2. The predicted molar refractivity (Wildman–Crippen MR) is 113 cm³/mol. The van der Waals surface area contributed by atoms with E-state index in [1.807, 2.05) is 36.4 Å². The Balaban J connectivity index is 0.000000151. The number of rotatable bonds is 2. The van der Waals surface area contributed by atoms with Gasteiger partial charge in [0.15, 0.2) is 0 Å². The van der Waals surface area contributed by atoms with Crippen LogP contribution in [0.5, 0.6) is 0 Å². The van der Waals surface area contributed by atoms with Crippen LogP contribution in [0.2, 0.25) is 0 Å². The minimum absolute atomic E-state index is 0.376. The lowest BCUT2D eigenvalue weighted by Crippen LogP contribution is -1.93. The van der Waals surface area contributed by atoms with Crippen molar-refractivity contribution in [2.24, 2.45) is 0 Å². The van der Waals surface area contributed by atoms with Crippen LogP contribution >= 0.6 is 54.5 Å². The van der Waals surface area contributed by atoms with E-state index in [0.29, 0.717) is 11.1 Å². The standard InChI is InChI=1S/2C9H5BrO2S/c10-5-1-2-8-6(3-5)7(4-13-8)9(11)12;10-5-1-2-6-7(9(11)12)4-13-8(6)3-5/h2*1-4H,(H,11,12). The van der Waals surface area contributed by atoms with E-state index in [2.05, 4.69) is 31.9 Å². The number of thiophene rings is 2. The molecule has 0 amide bonds. The van der Waals surface area contributed by atoms with E-state index in [9.17, 15) is 9.59 Å². The summed E-state index contributed by atoms with van der Waals surface area (Å²) in [6.07, 6.45) is 0. The molecular formula is C18H10Br2O4S2. The first-order chi connectivity index (χ1) is 12.4. The molecule has 0 bridgehead atoms. The molecule has 0 fully saturated rings. The van der Waals surface area contributed by atoms with Gasteiger partial charge in [-0.1, -0.05) is 37.9 Å². The fourth-order valence-electron chi connectivity index (χ4n) is 2.33. The van der Waals surface area contributed by atoms with Crippen LogP contribution in [0.4, 0.5) is 0 Å². The SMILES string of the molecule is O=C(O)c1csc2cc(Br)ccc12.O=C(O)c1csc2ccc(Br)cc12. The summed E-state index contributed by atoms with van der Waals surface area (Å²) >= 11 is 9.54. The normalized spacial score (nSPS) is 10.5. The molecule has 2 heterocycles. The number of carboxylic acids is 2. The lowest BCUT2D eigenvalue weighted by Gasteiger charge is -1.93. The van der Waals surface area contributed by atoms with Crippen LogP contribution in [0.25, 0.3) is 20.2 Å². The highest BCUT2D eigenvalue weighted by Gasteiger charge is 2.11. The molecule has 0 aliphatic heterocycles. The topological polar surface area (TPSA) is 74.6 Å². The Morgan fingerprint density at radius 1 is 0.731 bits per heavy atom. The molecule has 0 spiro atoms. The Kier molecular flexibility index (Phi) is 5.76. The number of halogens is 2. The monoisotopic (exact) mass is 512 g/mol. The van der Waals surface area contributed by atoms with Gasteiger partial charge in [0.2, 0.25) is 0 Å². The molecule has 0 unspecified atom stereocenters. The number of hydrogen-bond acceptors (Lipinski definition) is 4. The molecule has 132 valence electrons. The second kappa shape index (κ2) is 7.87. The van der Waals surface area contributed by atoms with Crippen LogP contribution in [0.1, 0.15) is 20.7 Å².